The fourth-order valence-corrected chi connectivity index (χ4v) is 3.63. The van der Waals surface area contributed by atoms with Crippen LogP contribution in [0.15, 0.2) is 48.8 Å². The summed E-state index contributed by atoms with van der Waals surface area (Å²) >= 11 is 6.03. The van der Waals surface area contributed by atoms with Gasteiger partial charge in [-0.25, -0.2) is 0 Å². The lowest BCUT2D eigenvalue weighted by atomic mass is 9.93. The number of hydrogen-bond acceptors (Lipinski definition) is 3. The molecule has 2 heterocycles. The second-order valence-corrected chi connectivity index (χ2v) is 7.61. The second-order valence-electron chi connectivity index (χ2n) is 7.18. The zero-order valence-electron chi connectivity index (χ0n) is 15.4. The SMILES string of the molecule is CC(C)N1CCC(C(=O)N[C@@H](c2ccncc2)c2ccc(Cl)cc2)CC1. The van der Waals surface area contributed by atoms with E-state index in [0.29, 0.717) is 11.1 Å². The summed E-state index contributed by atoms with van der Waals surface area (Å²) in [5.74, 6) is 0.201. The summed E-state index contributed by atoms with van der Waals surface area (Å²) in [6.07, 6.45) is 5.33. The number of likely N-dealkylation sites (tertiary alicyclic amines) is 1. The minimum atomic E-state index is -0.189. The van der Waals surface area contributed by atoms with Crippen molar-refractivity contribution in [3.63, 3.8) is 0 Å². The van der Waals surface area contributed by atoms with Crippen molar-refractivity contribution in [2.75, 3.05) is 13.1 Å². The molecule has 1 N–H and O–H groups in total. The second kappa shape index (κ2) is 8.65. The lowest BCUT2D eigenvalue weighted by Crippen LogP contribution is -2.43. The first-order chi connectivity index (χ1) is 12.5. The van der Waals surface area contributed by atoms with Crippen molar-refractivity contribution < 1.29 is 4.79 Å². The molecule has 0 unspecified atom stereocenters. The molecular weight excluding hydrogens is 346 g/mol. The number of nitrogens with zero attached hydrogens (tertiary/aromatic N) is 2. The predicted octanol–water partition coefficient (Wildman–Crippen LogP) is 4.06. The van der Waals surface area contributed by atoms with Crippen molar-refractivity contribution in [1.82, 2.24) is 15.2 Å². The van der Waals surface area contributed by atoms with E-state index < -0.39 is 0 Å². The number of hydrogen-bond donors (Lipinski definition) is 1. The van der Waals surface area contributed by atoms with Crippen LogP contribution in [0, 0.1) is 5.92 Å². The molecule has 1 atom stereocenters. The van der Waals surface area contributed by atoms with E-state index in [2.05, 4.69) is 29.0 Å². The molecule has 138 valence electrons. The minimum Gasteiger partial charge on any atom is -0.345 e. The van der Waals surface area contributed by atoms with Crippen molar-refractivity contribution in [2.24, 2.45) is 5.92 Å². The van der Waals surface area contributed by atoms with Gasteiger partial charge < -0.3 is 10.2 Å². The zero-order valence-corrected chi connectivity index (χ0v) is 16.1. The highest BCUT2D eigenvalue weighted by Crippen LogP contribution is 2.25. The summed E-state index contributed by atoms with van der Waals surface area (Å²) in [5.41, 5.74) is 2.05. The molecule has 0 radical (unpaired) electrons. The van der Waals surface area contributed by atoms with Gasteiger partial charge in [-0.1, -0.05) is 23.7 Å². The van der Waals surface area contributed by atoms with E-state index in [-0.39, 0.29) is 17.9 Å². The molecular formula is C21H26ClN3O. The zero-order chi connectivity index (χ0) is 18.5. The summed E-state index contributed by atoms with van der Waals surface area (Å²) in [7, 11) is 0. The summed E-state index contributed by atoms with van der Waals surface area (Å²) in [5, 5.41) is 3.94. The fraction of sp³-hybridized carbons (Fsp3) is 0.429. The van der Waals surface area contributed by atoms with Gasteiger partial charge in [0.2, 0.25) is 5.91 Å². The number of aromatic nitrogens is 1. The molecule has 3 rings (SSSR count). The topological polar surface area (TPSA) is 45.2 Å². The first-order valence-corrected chi connectivity index (χ1v) is 9.62. The van der Waals surface area contributed by atoms with Gasteiger partial charge in [0, 0.05) is 29.4 Å². The molecule has 0 spiro atoms. The summed E-state index contributed by atoms with van der Waals surface area (Å²) in [4.78, 5) is 19.5. The first-order valence-electron chi connectivity index (χ1n) is 9.24. The van der Waals surface area contributed by atoms with E-state index in [1.807, 2.05) is 36.4 Å². The van der Waals surface area contributed by atoms with Crippen molar-refractivity contribution in [1.29, 1.82) is 0 Å². The number of rotatable bonds is 5. The summed E-state index contributed by atoms with van der Waals surface area (Å²) in [6.45, 7) is 6.38. The average molecular weight is 372 g/mol. The lowest BCUT2D eigenvalue weighted by molar-refractivity contribution is -0.127. The van der Waals surface area contributed by atoms with E-state index in [0.717, 1.165) is 37.1 Å². The van der Waals surface area contributed by atoms with E-state index in [1.165, 1.54) is 0 Å². The lowest BCUT2D eigenvalue weighted by Gasteiger charge is -2.34. The predicted molar refractivity (Wildman–Crippen MR) is 105 cm³/mol. The van der Waals surface area contributed by atoms with Gasteiger partial charge in [-0.3, -0.25) is 9.78 Å². The number of pyridine rings is 1. The quantitative estimate of drug-likeness (QED) is 0.862. The van der Waals surface area contributed by atoms with Crippen LogP contribution in [-0.4, -0.2) is 34.9 Å². The minimum absolute atomic E-state index is 0.0710. The van der Waals surface area contributed by atoms with Crippen LogP contribution >= 0.6 is 11.6 Å². The van der Waals surface area contributed by atoms with Gasteiger partial charge in [-0.15, -0.1) is 0 Å². The van der Waals surface area contributed by atoms with Crippen LogP contribution in [0.4, 0.5) is 0 Å². The Morgan fingerprint density at radius 1 is 1.08 bits per heavy atom. The molecule has 1 aliphatic rings. The molecule has 1 saturated heterocycles. The number of nitrogens with one attached hydrogen (secondary N) is 1. The van der Waals surface area contributed by atoms with Gasteiger partial charge >= 0.3 is 0 Å². The van der Waals surface area contributed by atoms with Crippen LogP contribution in [0.25, 0.3) is 0 Å². The Labute approximate surface area is 160 Å². The normalized spacial score (nSPS) is 17.2. The van der Waals surface area contributed by atoms with Gasteiger partial charge in [0.05, 0.1) is 6.04 Å². The Kier molecular flexibility index (Phi) is 6.28. The standard InChI is InChI=1S/C21H26ClN3O/c1-15(2)25-13-9-18(10-14-25)21(26)24-20(17-7-11-23-12-8-17)16-3-5-19(22)6-4-16/h3-8,11-12,15,18,20H,9-10,13-14H2,1-2H3,(H,24,26)/t20-/m1/s1. The molecule has 0 bridgehead atoms. The Hall–Kier alpha value is -1.91. The molecule has 0 saturated carbocycles. The Morgan fingerprint density at radius 2 is 1.65 bits per heavy atom. The molecule has 1 aromatic heterocycles. The maximum Gasteiger partial charge on any atom is 0.223 e. The molecule has 2 aromatic rings. The van der Waals surface area contributed by atoms with E-state index in [1.54, 1.807) is 12.4 Å². The molecule has 1 aromatic carbocycles. The van der Waals surface area contributed by atoms with E-state index >= 15 is 0 Å². The highest BCUT2D eigenvalue weighted by atomic mass is 35.5. The van der Waals surface area contributed by atoms with Gasteiger partial charge in [-0.05, 0) is 75.2 Å². The number of piperidine rings is 1. The summed E-state index contributed by atoms with van der Waals surface area (Å²) in [6, 6.07) is 11.9. The molecule has 5 heteroatoms. The Bertz CT molecular complexity index is 710. The third-order valence-electron chi connectivity index (χ3n) is 5.16. The van der Waals surface area contributed by atoms with Crippen molar-refractivity contribution in [3.8, 4) is 0 Å². The third-order valence-corrected chi connectivity index (χ3v) is 5.41. The van der Waals surface area contributed by atoms with Crippen LogP contribution in [0.2, 0.25) is 5.02 Å². The van der Waals surface area contributed by atoms with Crippen LogP contribution in [0.1, 0.15) is 43.9 Å². The van der Waals surface area contributed by atoms with Crippen LogP contribution in [0.3, 0.4) is 0 Å². The number of halogens is 1. The molecule has 26 heavy (non-hydrogen) atoms. The maximum atomic E-state index is 12.9. The fourth-order valence-electron chi connectivity index (χ4n) is 3.51. The number of amides is 1. The van der Waals surface area contributed by atoms with Gasteiger partial charge in [0.1, 0.15) is 0 Å². The van der Waals surface area contributed by atoms with E-state index in [4.69, 9.17) is 11.6 Å². The maximum absolute atomic E-state index is 12.9. The smallest absolute Gasteiger partial charge is 0.223 e. The third kappa shape index (κ3) is 4.63. The van der Waals surface area contributed by atoms with Gasteiger partial charge in [0.15, 0.2) is 0 Å². The van der Waals surface area contributed by atoms with Gasteiger partial charge in [0.25, 0.3) is 0 Å². The van der Waals surface area contributed by atoms with Crippen LogP contribution in [-0.2, 0) is 4.79 Å². The van der Waals surface area contributed by atoms with Gasteiger partial charge in [-0.2, -0.15) is 0 Å². The van der Waals surface area contributed by atoms with Crippen molar-refractivity contribution >= 4 is 17.5 Å². The largest absolute Gasteiger partial charge is 0.345 e. The average Bonchev–Trinajstić information content (AvgIpc) is 2.67. The monoisotopic (exact) mass is 371 g/mol. The molecule has 0 aliphatic carbocycles. The molecule has 1 aliphatic heterocycles. The Morgan fingerprint density at radius 3 is 2.23 bits per heavy atom. The highest BCUT2D eigenvalue weighted by molar-refractivity contribution is 6.30. The molecule has 4 nitrogen and oxygen atoms in total. The Balaban J connectivity index is 1.74. The van der Waals surface area contributed by atoms with E-state index in [9.17, 15) is 4.79 Å². The van der Waals surface area contributed by atoms with Crippen molar-refractivity contribution in [3.05, 3.63) is 64.9 Å². The van der Waals surface area contributed by atoms with Crippen molar-refractivity contribution in [2.45, 2.75) is 38.8 Å². The number of carbonyl (C=O) groups is 1. The number of carbonyl (C=O) groups excluding carboxylic acids is 1. The molecule has 1 amide bonds. The van der Waals surface area contributed by atoms with Crippen LogP contribution < -0.4 is 5.32 Å². The highest BCUT2D eigenvalue weighted by Gasteiger charge is 2.28. The van der Waals surface area contributed by atoms with Crippen LogP contribution in [0.5, 0.6) is 0 Å². The first kappa shape index (κ1) is 18.9. The molecule has 1 fully saturated rings. The summed E-state index contributed by atoms with van der Waals surface area (Å²) < 4.78 is 0. The number of benzene rings is 1.